The third-order valence-electron chi connectivity index (χ3n) is 7.14. The molecule has 5 rings (SSSR count). The van der Waals surface area contributed by atoms with Gasteiger partial charge in [-0.1, -0.05) is 42.8 Å². The lowest BCUT2D eigenvalue weighted by molar-refractivity contribution is 0.0500. The highest BCUT2D eigenvalue weighted by atomic mass is 19.1. The number of nitrogens with zero attached hydrogens (tertiary/aromatic N) is 2. The van der Waals surface area contributed by atoms with Gasteiger partial charge in [-0.05, 0) is 84.9 Å². The maximum atomic E-state index is 13.3. The number of hydrogen-bond acceptors (Lipinski definition) is 2. The largest absolute Gasteiger partial charge is 0.393 e. The second-order valence-corrected chi connectivity index (χ2v) is 8.94. The molecular weight excluding hydrogens is 375 g/mol. The van der Waals surface area contributed by atoms with Crippen molar-refractivity contribution in [1.82, 2.24) is 9.78 Å². The summed E-state index contributed by atoms with van der Waals surface area (Å²) < 4.78 is 15.2. The van der Waals surface area contributed by atoms with Gasteiger partial charge in [-0.2, -0.15) is 5.10 Å². The molecule has 0 aliphatic heterocycles. The van der Waals surface area contributed by atoms with Crippen molar-refractivity contribution in [3.05, 3.63) is 89.0 Å². The normalized spacial score (nSPS) is 23.6. The predicted octanol–water partition coefficient (Wildman–Crippen LogP) is 5.36. The summed E-state index contributed by atoms with van der Waals surface area (Å²) in [4.78, 5) is 0. The van der Waals surface area contributed by atoms with Crippen LogP contribution in [0.25, 0.3) is 11.8 Å². The minimum Gasteiger partial charge on any atom is -0.393 e. The van der Waals surface area contributed by atoms with Crippen molar-refractivity contribution < 1.29 is 9.50 Å². The van der Waals surface area contributed by atoms with Crippen LogP contribution >= 0.6 is 0 Å². The van der Waals surface area contributed by atoms with Crippen LogP contribution in [0.2, 0.25) is 0 Å². The third-order valence-corrected chi connectivity index (χ3v) is 7.14. The van der Waals surface area contributed by atoms with Crippen LogP contribution in [0.3, 0.4) is 0 Å². The monoisotopic (exact) mass is 402 g/mol. The van der Waals surface area contributed by atoms with E-state index in [1.807, 2.05) is 16.9 Å². The summed E-state index contributed by atoms with van der Waals surface area (Å²) in [6.07, 6.45) is 8.50. The molecule has 1 fully saturated rings. The minimum absolute atomic E-state index is 0.0280. The highest BCUT2D eigenvalue weighted by Gasteiger charge is 2.48. The number of aliphatic hydroxyl groups is 1. The predicted molar refractivity (Wildman–Crippen MR) is 117 cm³/mol. The zero-order chi connectivity index (χ0) is 20.7. The third kappa shape index (κ3) is 3.29. The molecule has 3 aromatic rings. The lowest BCUT2D eigenvalue weighted by Crippen LogP contribution is -2.36. The molecule has 0 bridgehead atoms. The van der Waals surface area contributed by atoms with E-state index in [1.165, 1.54) is 28.8 Å². The molecule has 4 heteroatoms. The second kappa shape index (κ2) is 7.51. The fraction of sp³-hybridized carbons (Fsp3) is 0.346. The summed E-state index contributed by atoms with van der Waals surface area (Å²) >= 11 is 0. The summed E-state index contributed by atoms with van der Waals surface area (Å²) in [5, 5.41) is 15.7. The van der Waals surface area contributed by atoms with Crippen LogP contribution in [0, 0.1) is 17.2 Å². The van der Waals surface area contributed by atoms with Gasteiger partial charge in [0, 0.05) is 0 Å². The standard InChI is InChI=1S/C26H27FN2O/c1-26-16-19-17-28-29(22-11-9-21(27)10-12-22)24(19)15-20(26)8-13-23(26)25(30)14-7-18-5-3-2-4-6-18/h2-6,9-12,15,17,23,25,30H,7-8,13-14,16H2,1H3/t23-,25+,26+/m1/s1. The van der Waals surface area contributed by atoms with E-state index < -0.39 is 0 Å². The molecule has 30 heavy (non-hydrogen) atoms. The number of aliphatic hydroxyl groups excluding tert-OH is 1. The summed E-state index contributed by atoms with van der Waals surface area (Å²) in [5.74, 6) is 0.0172. The highest BCUT2D eigenvalue weighted by molar-refractivity contribution is 5.62. The molecule has 0 spiro atoms. The van der Waals surface area contributed by atoms with Gasteiger partial charge in [-0.15, -0.1) is 0 Å². The number of benzene rings is 2. The fourth-order valence-corrected chi connectivity index (χ4v) is 5.44. The topological polar surface area (TPSA) is 38.0 Å². The first-order valence-electron chi connectivity index (χ1n) is 10.8. The van der Waals surface area contributed by atoms with Gasteiger partial charge >= 0.3 is 0 Å². The molecule has 0 radical (unpaired) electrons. The summed E-state index contributed by atoms with van der Waals surface area (Å²) in [5.41, 5.74) is 5.82. The molecule has 0 amide bonds. The van der Waals surface area contributed by atoms with Crippen LogP contribution in [-0.2, 0) is 12.8 Å². The molecule has 2 aliphatic carbocycles. The molecule has 3 nitrogen and oxygen atoms in total. The molecule has 2 aliphatic rings. The van der Waals surface area contributed by atoms with Crippen molar-refractivity contribution in [1.29, 1.82) is 0 Å². The maximum Gasteiger partial charge on any atom is 0.123 e. The lowest BCUT2D eigenvalue weighted by atomic mass is 9.67. The Morgan fingerprint density at radius 2 is 1.93 bits per heavy atom. The number of hydrogen-bond donors (Lipinski definition) is 1. The Balaban J connectivity index is 1.38. The van der Waals surface area contributed by atoms with Gasteiger partial charge in [-0.3, -0.25) is 0 Å². The van der Waals surface area contributed by atoms with E-state index in [2.05, 4.69) is 42.4 Å². The van der Waals surface area contributed by atoms with Crippen LogP contribution in [0.5, 0.6) is 0 Å². The van der Waals surface area contributed by atoms with Gasteiger partial charge in [0.05, 0.1) is 23.7 Å². The smallest absolute Gasteiger partial charge is 0.123 e. The summed E-state index contributed by atoms with van der Waals surface area (Å²) in [6, 6.07) is 16.9. The number of aromatic nitrogens is 2. The molecule has 154 valence electrons. The van der Waals surface area contributed by atoms with Gasteiger partial charge in [0.25, 0.3) is 0 Å². The van der Waals surface area contributed by atoms with Crippen LogP contribution in [0.15, 0.2) is 66.4 Å². The fourth-order valence-electron chi connectivity index (χ4n) is 5.44. The molecule has 0 unspecified atom stereocenters. The Morgan fingerprint density at radius 3 is 2.70 bits per heavy atom. The molecule has 3 atom stereocenters. The summed E-state index contributed by atoms with van der Waals surface area (Å²) in [7, 11) is 0. The Morgan fingerprint density at radius 1 is 1.17 bits per heavy atom. The van der Waals surface area contributed by atoms with E-state index in [0.717, 1.165) is 43.5 Å². The first kappa shape index (κ1) is 19.3. The Labute approximate surface area is 176 Å². The minimum atomic E-state index is -0.310. The van der Waals surface area contributed by atoms with Crippen molar-refractivity contribution in [2.24, 2.45) is 11.3 Å². The zero-order valence-corrected chi connectivity index (χ0v) is 17.3. The molecule has 1 saturated carbocycles. The number of fused-ring (bicyclic) bond motifs is 2. The van der Waals surface area contributed by atoms with E-state index in [1.54, 1.807) is 12.1 Å². The number of allylic oxidation sites excluding steroid dienone is 1. The molecule has 2 aromatic carbocycles. The van der Waals surface area contributed by atoms with Crippen molar-refractivity contribution in [2.75, 3.05) is 0 Å². The second-order valence-electron chi connectivity index (χ2n) is 8.94. The van der Waals surface area contributed by atoms with Gasteiger partial charge < -0.3 is 5.11 Å². The van der Waals surface area contributed by atoms with Gasteiger partial charge in [0.2, 0.25) is 0 Å². The number of aryl methyl sites for hydroxylation is 1. The van der Waals surface area contributed by atoms with E-state index in [4.69, 9.17) is 0 Å². The van der Waals surface area contributed by atoms with Crippen LogP contribution < -0.4 is 0 Å². The maximum absolute atomic E-state index is 13.3. The Bertz CT molecular complexity index is 1070. The highest BCUT2D eigenvalue weighted by Crippen LogP contribution is 2.54. The first-order chi connectivity index (χ1) is 14.5. The van der Waals surface area contributed by atoms with E-state index >= 15 is 0 Å². The Hall–Kier alpha value is -2.72. The van der Waals surface area contributed by atoms with Gasteiger partial charge in [0.1, 0.15) is 5.82 Å². The van der Waals surface area contributed by atoms with E-state index in [9.17, 15) is 9.50 Å². The quantitative estimate of drug-likeness (QED) is 0.624. The van der Waals surface area contributed by atoms with Gasteiger partial charge in [0.15, 0.2) is 0 Å². The van der Waals surface area contributed by atoms with Crippen molar-refractivity contribution in [2.45, 2.75) is 45.1 Å². The van der Waals surface area contributed by atoms with Crippen LogP contribution in [0.4, 0.5) is 4.39 Å². The van der Waals surface area contributed by atoms with Crippen molar-refractivity contribution in [3.63, 3.8) is 0 Å². The van der Waals surface area contributed by atoms with Crippen LogP contribution in [0.1, 0.15) is 43.0 Å². The Kier molecular flexibility index (Phi) is 4.82. The molecule has 1 heterocycles. The van der Waals surface area contributed by atoms with Crippen molar-refractivity contribution in [3.8, 4) is 5.69 Å². The lowest BCUT2D eigenvalue weighted by Gasteiger charge is -2.38. The van der Waals surface area contributed by atoms with Gasteiger partial charge in [-0.25, -0.2) is 9.07 Å². The summed E-state index contributed by atoms with van der Waals surface area (Å²) in [6.45, 7) is 2.31. The molecule has 1 N–H and O–H groups in total. The average Bonchev–Trinajstić information content (AvgIpc) is 3.31. The van der Waals surface area contributed by atoms with Crippen LogP contribution in [-0.4, -0.2) is 21.0 Å². The number of rotatable bonds is 5. The van der Waals surface area contributed by atoms with E-state index in [-0.39, 0.29) is 23.3 Å². The molecular formula is C26H27FN2O. The zero-order valence-electron chi connectivity index (χ0n) is 17.3. The number of halogens is 1. The van der Waals surface area contributed by atoms with E-state index in [0.29, 0.717) is 0 Å². The molecule has 1 aromatic heterocycles. The first-order valence-corrected chi connectivity index (χ1v) is 10.8. The average molecular weight is 403 g/mol. The van der Waals surface area contributed by atoms with Crippen molar-refractivity contribution >= 4 is 6.08 Å². The molecule has 0 saturated heterocycles. The SMILES string of the molecule is C[C@]12Cc3cnn(-c4ccc(F)cc4)c3C=C1CC[C@@H]2[C@@H](O)CCc1ccccc1.